The van der Waals surface area contributed by atoms with Gasteiger partial charge < -0.3 is 5.11 Å². The highest BCUT2D eigenvalue weighted by molar-refractivity contribution is 5.95. The van der Waals surface area contributed by atoms with Crippen LogP contribution in [0.4, 0.5) is 4.39 Å². The molecular weight excluding hydrogens is 171 g/mol. The maximum atomic E-state index is 12.7. The van der Waals surface area contributed by atoms with Gasteiger partial charge in [-0.1, -0.05) is 6.07 Å². The zero-order chi connectivity index (χ0) is 9.42. The molecule has 0 amide bonds. The molecule has 1 aromatic carbocycles. The van der Waals surface area contributed by atoms with Crippen molar-refractivity contribution in [2.75, 3.05) is 0 Å². The molecule has 0 bridgehead atoms. The van der Waals surface area contributed by atoms with Crippen molar-refractivity contribution < 1.29 is 14.3 Å². The Kier molecular flexibility index (Phi) is 1.65. The van der Waals surface area contributed by atoms with E-state index in [0.29, 0.717) is 12.0 Å². The van der Waals surface area contributed by atoms with E-state index >= 15 is 0 Å². The van der Waals surface area contributed by atoms with Gasteiger partial charge in [0.05, 0.1) is 0 Å². The van der Waals surface area contributed by atoms with E-state index in [0.717, 1.165) is 11.1 Å². The zero-order valence-corrected chi connectivity index (χ0v) is 6.75. The molecule has 13 heavy (non-hydrogen) atoms. The highest BCUT2D eigenvalue weighted by Crippen LogP contribution is 2.25. The number of hydrogen-bond acceptors (Lipinski definition) is 1. The van der Waals surface area contributed by atoms with Gasteiger partial charge in [0.25, 0.3) is 0 Å². The highest BCUT2D eigenvalue weighted by Gasteiger charge is 2.17. The van der Waals surface area contributed by atoms with Crippen LogP contribution in [0.1, 0.15) is 11.1 Å². The first-order valence-electron chi connectivity index (χ1n) is 3.89. The van der Waals surface area contributed by atoms with Gasteiger partial charge in [0, 0.05) is 12.0 Å². The number of hydrogen-bond donors (Lipinski definition) is 1. The number of rotatable bonds is 1. The molecule has 0 atom stereocenters. The molecule has 0 saturated carbocycles. The molecule has 0 saturated heterocycles. The minimum atomic E-state index is -0.934. The monoisotopic (exact) mass is 178 g/mol. The van der Waals surface area contributed by atoms with Crippen molar-refractivity contribution in [2.24, 2.45) is 0 Å². The summed E-state index contributed by atoms with van der Waals surface area (Å²) in [6, 6.07) is 4.31. The van der Waals surface area contributed by atoms with Crippen molar-refractivity contribution in [3.8, 4) is 0 Å². The molecule has 0 heterocycles. The van der Waals surface area contributed by atoms with Crippen molar-refractivity contribution in [1.29, 1.82) is 0 Å². The van der Waals surface area contributed by atoms with E-state index in [-0.39, 0.29) is 5.82 Å². The first-order chi connectivity index (χ1) is 6.16. The zero-order valence-electron chi connectivity index (χ0n) is 6.75. The third kappa shape index (κ3) is 1.33. The van der Waals surface area contributed by atoms with Gasteiger partial charge in [-0.15, -0.1) is 0 Å². The largest absolute Gasteiger partial charge is 0.478 e. The van der Waals surface area contributed by atoms with Crippen molar-refractivity contribution in [3.63, 3.8) is 0 Å². The van der Waals surface area contributed by atoms with Crippen LogP contribution in [0, 0.1) is 5.82 Å². The molecule has 0 unspecified atom stereocenters. The van der Waals surface area contributed by atoms with Gasteiger partial charge in [0.15, 0.2) is 0 Å². The van der Waals surface area contributed by atoms with Crippen molar-refractivity contribution in [3.05, 3.63) is 40.7 Å². The topological polar surface area (TPSA) is 37.3 Å². The summed E-state index contributed by atoms with van der Waals surface area (Å²) < 4.78 is 12.7. The number of benzene rings is 1. The van der Waals surface area contributed by atoms with Crippen LogP contribution in [-0.2, 0) is 11.2 Å². The minimum absolute atomic E-state index is 0.320. The Morgan fingerprint density at radius 1 is 1.46 bits per heavy atom. The Hall–Kier alpha value is -1.64. The number of halogens is 1. The molecule has 1 aromatic rings. The maximum absolute atomic E-state index is 12.7. The van der Waals surface area contributed by atoms with Crippen LogP contribution in [0.25, 0.3) is 6.08 Å². The maximum Gasteiger partial charge on any atom is 0.331 e. The number of fused-ring (bicyclic) bond motifs is 1. The van der Waals surface area contributed by atoms with E-state index in [1.54, 1.807) is 12.1 Å². The van der Waals surface area contributed by atoms with Crippen LogP contribution in [0.5, 0.6) is 0 Å². The van der Waals surface area contributed by atoms with Crippen LogP contribution in [0.2, 0.25) is 0 Å². The highest BCUT2D eigenvalue weighted by atomic mass is 19.1. The van der Waals surface area contributed by atoms with Gasteiger partial charge >= 0.3 is 5.97 Å². The first-order valence-corrected chi connectivity index (χ1v) is 3.89. The minimum Gasteiger partial charge on any atom is -0.478 e. The molecule has 1 aliphatic rings. The van der Waals surface area contributed by atoms with E-state index in [1.165, 1.54) is 12.1 Å². The number of aliphatic carboxylic acids is 1. The normalized spacial score (nSPS) is 13.8. The summed E-state index contributed by atoms with van der Waals surface area (Å²) in [6.07, 6.45) is 1.90. The van der Waals surface area contributed by atoms with Gasteiger partial charge in [0.1, 0.15) is 5.82 Å². The molecule has 66 valence electrons. The van der Waals surface area contributed by atoms with Crippen molar-refractivity contribution >= 4 is 12.0 Å². The van der Waals surface area contributed by atoms with Crippen LogP contribution in [-0.4, -0.2) is 11.1 Å². The van der Waals surface area contributed by atoms with Gasteiger partial charge in [-0.05, 0) is 29.3 Å². The fourth-order valence-electron chi connectivity index (χ4n) is 1.45. The molecule has 0 aliphatic heterocycles. The lowest BCUT2D eigenvalue weighted by Crippen LogP contribution is -1.99. The molecule has 2 rings (SSSR count). The van der Waals surface area contributed by atoms with Crippen molar-refractivity contribution in [1.82, 2.24) is 0 Å². The Morgan fingerprint density at radius 2 is 2.23 bits per heavy atom. The summed E-state index contributed by atoms with van der Waals surface area (Å²) in [5.74, 6) is -1.25. The number of carbonyl (C=O) groups is 1. The Morgan fingerprint density at radius 3 is 2.92 bits per heavy atom. The van der Waals surface area contributed by atoms with Crippen molar-refractivity contribution in [2.45, 2.75) is 6.42 Å². The Bertz CT molecular complexity index is 407. The first kappa shape index (κ1) is 7.98. The Balaban J connectivity index is 2.41. The van der Waals surface area contributed by atoms with Gasteiger partial charge in [-0.25, -0.2) is 9.18 Å². The molecule has 0 radical (unpaired) electrons. The second-order valence-corrected chi connectivity index (χ2v) is 2.99. The van der Waals surface area contributed by atoms with E-state index in [9.17, 15) is 9.18 Å². The van der Waals surface area contributed by atoms with E-state index in [4.69, 9.17) is 5.11 Å². The average molecular weight is 178 g/mol. The quantitative estimate of drug-likeness (QED) is 0.712. The summed E-state index contributed by atoms with van der Waals surface area (Å²) in [7, 11) is 0. The fraction of sp³-hybridized carbons (Fsp3) is 0.100. The average Bonchev–Trinajstić information content (AvgIpc) is 2.46. The van der Waals surface area contributed by atoms with Gasteiger partial charge in [-0.3, -0.25) is 0 Å². The summed E-state index contributed by atoms with van der Waals surface area (Å²) in [6.45, 7) is 0. The molecular formula is C10H7FO2. The van der Waals surface area contributed by atoms with Crippen LogP contribution >= 0.6 is 0 Å². The molecule has 1 aliphatic carbocycles. The predicted octanol–water partition coefficient (Wildman–Crippen LogP) is 1.85. The van der Waals surface area contributed by atoms with E-state index in [1.807, 2.05) is 0 Å². The number of carboxylic acid groups (broad SMARTS) is 1. The molecule has 0 spiro atoms. The van der Waals surface area contributed by atoms with Crippen LogP contribution in [0.3, 0.4) is 0 Å². The lowest BCUT2D eigenvalue weighted by molar-refractivity contribution is -0.132. The van der Waals surface area contributed by atoms with Crippen LogP contribution < -0.4 is 0 Å². The molecule has 1 N–H and O–H groups in total. The lowest BCUT2D eigenvalue weighted by Gasteiger charge is -1.96. The summed E-state index contributed by atoms with van der Waals surface area (Å²) in [4.78, 5) is 10.6. The lowest BCUT2D eigenvalue weighted by atomic mass is 10.1. The van der Waals surface area contributed by atoms with Gasteiger partial charge in [-0.2, -0.15) is 0 Å². The molecule has 3 heteroatoms. The third-order valence-electron chi connectivity index (χ3n) is 2.09. The molecule has 0 fully saturated rings. The molecule has 2 nitrogen and oxygen atoms in total. The second-order valence-electron chi connectivity index (χ2n) is 2.99. The smallest absolute Gasteiger partial charge is 0.331 e. The van der Waals surface area contributed by atoms with Gasteiger partial charge in [0.2, 0.25) is 0 Å². The SMILES string of the molecule is O=C(O)C1=Cc2ccc(F)cc2C1. The summed E-state index contributed by atoms with van der Waals surface area (Å²) in [5.41, 5.74) is 1.87. The van der Waals surface area contributed by atoms with E-state index < -0.39 is 5.97 Å². The predicted molar refractivity (Wildman–Crippen MR) is 45.7 cm³/mol. The molecule has 0 aromatic heterocycles. The fourth-order valence-corrected chi connectivity index (χ4v) is 1.45. The number of carboxylic acids is 1. The van der Waals surface area contributed by atoms with Crippen LogP contribution in [0.15, 0.2) is 23.8 Å². The standard InChI is InChI=1S/C10H7FO2/c11-9-2-1-6-3-8(10(12)13)4-7(6)5-9/h1-3,5H,4H2,(H,12,13). The summed E-state index contributed by atoms with van der Waals surface area (Å²) >= 11 is 0. The second kappa shape index (κ2) is 2.69. The van der Waals surface area contributed by atoms with E-state index in [2.05, 4.69) is 0 Å². The Labute approximate surface area is 74.3 Å². The third-order valence-corrected chi connectivity index (χ3v) is 2.09. The summed E-state index contributed by atoms with van der Waals surface area (Å²) in [5, 5.41) is 8.69.